The Hall–Kier alpha value is -1.59. The van der Waals surface area contributed by atoms with Crippen molar-refractivity contribution in [2.24, 2.45) is 0 Å². The van der Waals surface area contributed by atoms with Gasteiger partial charge in [-0.2, -0.15) is 4.31 Å². The summed E-state index contributed by atoms with van der Waals surface area (Å²) >= 11 is 6.98. The molecule has 0 bridgehead atoms. The SMILES string of the molecule is O=C(Nc1nc2c(s1)CN(S(=O)(=O)c1ccc(F)c(Cl)c1)CC2)C1CCCO1. The fourth-order valence-corrected chi connectivity index (χ4v) is 5.98. The van der Waals surface area contributed by atoms with E-state index < -0.39 is 21.9 Å². The number of benzene rings is 1. The Morgan fingerprint density at radius 3 is 2.96 bits per heavy atom. The number of hydrogen-bond donors (Lipinski definition) is 1. The van der Waals surface area contributed by atoms with Crippen LogP contribution in [-0.4, -0.2) is 42.9 Å². The number of amides is 1. The number of ether oxygens (including phenoxy) is 1. The third-order valence-electron chi connectivity index (χ3n) is 4.68. The third-order valence-corrected chi connectivity index (χ3v) is 7.81. The zero-order valence-electron chi connectivity index (χ0n) is 14.7. The molecule has 2 aliphatic rings. The normalized spacial score (nSPS) is 20.1. The zero-order valence-corrected chi connectivity index (χ0v) is 17.0. The van der Waals surface area contributed by atoms with E-state index in [1.54, 1.807) is 0 Å². The van der Waals surface area contributed by atoms with E-state index in [4.69, 9.17) is 16.3 Å². The Morgan fingerprint density at radius 2 is 2.25 bits per heavy atom. The number of carbonyl (C=O) groups excluding carboxylic acids is 1. The van der Waals surface area contributed by atoms with E-state index in [-0.39, 0.29) is 28.9 Å². The van der Waals surface area contributed by atoms with E-state index in [9.17, 15) is 17.6 Å². The molecule has 28 heavy (non-hydrogen) atoms. The number of hydrogen-bond acceptors (Lipinski definition) is 6. The first kappa shape index (κ1) is 19.7. The average molecular weight is 446 g/mol. The number of nitrogens with one attached hydrogen (secondary N) is 1. The highest BCUT2D eigenvalue weighted by Gasteiger charge is 2.31. The predicted octanol–water partition coefficient (Wildman–Crippen LogP) is 2.80. The summed E-state index contributed by atoms with van der Waals surface area (Å²) in [5.74, 6) is -0.898. The Kier molecular flexibility index (Phi) is 5.41. The van der Waals surface area contributed by atoms with Crippen molar-refractivity contribution in [3.63, 3.8) is 0 Å². The highest BCUT2D eigenvalue weighted by atomic mass is 35.5. The fraction of sp³-hybridized carbons (Fsp3) is 0.412. The molecule has 3 heterocycles. The average Bonchev–Trinajstić information content (AvgIpc) is 3.32. The number of rotatable bonds is 4. The summed E-state index contributed by atoms with van der Waals surface area (Å²) in [5, 5.41) is 2.96. The van der Waals surface area contributed by atoms with Gasteiger partial charge < -0.3 is 4.74 Å². The molecule has 2 aliphatic heterocycles. The molecule has 1 unspecified atom stereocenters. The van der Waals surface area contributed by atoms with Crippen molar-refractivity contribution < 1.29 is 22.3 Å². The number of anilines is 1. The molecular formula is C17H17ClFN3O4S2. The molecule has 4 rings (SSSR count). The van der Waals surface area contributed by atoms with Crippen LogP contribution in [0.25, 0.3) is 0 Å². The van der Waals surface area contributed by atoms with Gasteiger partial charge in [0, 0.05) is 24.4 Å². The molecule has 1 atom stereocenters. The second-order valence-electron chi connectivity index (χ2n) is 6.54. The first-order chi connectivity index (χ1) is 13.3. The number of carbonyl (C=O) groups is 1. The molecular weight excluding hydrogens is 429 g/mol. The smallest absolute Gasteiger partial charge is 0.255 e. The van der Waals surface area contributed by atoms with Gasteiger partial charge in [-0.15, -0.1) is 11.3 Å². The van der Waals surface area contributed by atoms with Crippen LogP contribution < -0.4 is 5.32 Å². The van der Waals surface area contributed by atoms with Crippen molar-refractivity contribution >= 4 is 44.0 Å². The predicted molar refractivity (Wildman–Crippen MR) is 102 cm³/mol. The minimum atomic E-state index is -3.82. The summed E-state index contributed by atoms with van der Waals surface area (Å²) in [7, 11) is -3.82. The summed E-state index contributed by atoms with van der Waals surface area (Å²) in [6.07, 6.45) is 1.51. The van der Waals surface area contributed by atoms with Crippen molar-refractivity contribution in [3.8, 4) is 0 Å². The topological polar surface area (TPSA) is 88.6 Å². The highest BCUT2D eigenvalue weighted by molar-refractivity contribution is 7.89. The standard InChI is InChI=1S/C17H17ClFN3O4S2/c18-11-8-10(3-4-12(11)19)28(24,25)22-6-5-13-15(9-22)27-17(20-13)21-16(23)14-2-1-7-26-14/h3-4,8,14H,1-2,5-7,9H2,(H,20,21,23). The number of aromatic nitrogens is 1. The largest absolute Gasteiger partial charge is 0.368 e. The van der Waals surface area contributed by atoms with Crippen molar-refractivity contribution in [1.82, 2.24) is 9.29 Å². The molecule has 1 saturated heterocycles. The quantitative estimate of drug-likeness (QED) is 0.781. The molecule has 0 aliphatic carbocycles. The Balaban J connectivity index is 1.50. The van der Waals surface area contributed by atoms with Gasteiger partial charge in [0.1, 0.15) is 11.9 Å². The van der Waals surface area contributed by atoms with Gasteiger partial charge >= 0.3 is 0 Å². The third kappa shape index (κ3) is 3.79. The number of sulfonamides is 1. The molecule has 150 valence electrons. The number of fused-ring (bicyclic) bond motifs is 1. The molecule has 2 aromatic rings. The maximum Gasteiger partial charge on any atom is 0.255 e. The minimum absolute atomic E-state index is 0.0567. The maximum atomic E-state index is 13.4. The molecule has 0 saturated carbocycles. The van der Waals surface area contributed by atoms with Crippen LogP contribution in [-0.2, 0) is 32.5 Å². The van der Waals surface area contributed by atoms with Crippen molar-refractivity contribution in [2.75, 3.05) is 18.5 Å². The molecule has 0 spiro atoms. The van der Waals surface area contributed by atoms with E-state index in [0.717, 1.165) is 29.1 Å². The molecule has 11 heteroatoms. The number of halogens is 2. The molecule has 1 aromatic heterocycles. The first-order valence-electron chi connectivity index (χ1n) is 8.71. The molecule has 1 fully saturated rings. The number of thiazole rings is 1. The van der Waals surface area contributed by atoms with Gasteiger partial charge in [-0.3, -0.25) is 10.1 Å². The second kappa shape index (κ2) is 7.68. The van der Waals surface area contributed by atoms with Gasteiger partial charge in [0.25, 0.3) is 5.91 Å². The Morgan fingerprint density at radius 1 is 1.43 bits per heavy atom. The van der Waals surface area contributed by atoms with E-state index in [2.05, 4.69) is 10.3 Å². The van der Waals surface area contributed by atoms with E-state index in [1.807, 2.05) is 0 Å². The van der Waals surface area contributed by atoms with Crippen LogP contribution in [0.4, 0.5) is 9.52 Å². The lowest BCUT2D eigenvalue weighted by Crippen LogP contribution is -2.35. The summed E-state index contributed by atoms with van der Waals surface area (Å²) in [6.45, 7) is 0.958. The Labute approximate surface area is 170 Å². The zero-order chi connectivity index (χ0) is 19.9. The molecule has 1 N–H and O–H groups in total. The van der Waals surface area contributed by atoms with Crippen LogP contribution in [0, 0.1) is 5.82 Å². The summed E-state index contributed by atoms with van der Waals surface area (Å²) < 4.78 is 45.7. The highest BCUT2D eigenvalue weighted by Crippen LogP contribution is 2.32. The Bertz CT molecular complexity index is 1020. The second-order valence-corrected chi connectivity index (χ2v) is 9.97. The van der Waals surface area contributed by atoms with Crippen LogP contribution in [0.15, 0.2) is 23.1 Å². The molecule has 0 radical (unpaired) electrons. The van der Waals surface area contributed by atoms with Crippen molar-refractivity contribution in [3.05, 3.63) is 39.6 Å². The lowest BCUT2D eigenvalue weighted by molar-refractivity contribution is -0.124. The lowest BCUT2D eigenvalue weighted by atomic mass is 10.2. The number of nitrogens with zero attached hydrogens (tertiary/aromatic N) is 2. The van der Waals surface area contributed by atoms with Gasteiger partial charge in [-0.25, -0.2) is 17.8 Å². The summed E-state index contributed by atoms with van der Waals surface area (Å²) in [5.41, 5.74) is 0.774. The van der Waals surface area contributed by atoms with Crippen LogP contribution in [0.5, 0.6) is 0 Å². The maximum absolute atomic E-state index is 13.4. The van der Waals surface area contributed by atoms with Gasteiger partial charge in [0.2, 0.25) is 10.0 Å². The van der Waals surface area contributed by atoms with E-state index >= 15 is 0 Å². The molecule has 1 aromatic carbocycles. The summed E-state index contributed by atoms with van der Waals surface area (Å²) in [6, 6.07) is 3.35. The monoisotopic (exact) mass is 445 g/mol. The summed E-state index contributed by atoms with van der Waals surface area (Å²) in [4.78, 5) is 17.3. The fourth-order valence-electron chi connectivity index (χ4n) is 3.19. The van der Waals surface area contributed by atoms with Gasteiger partial charge in [0.05, 0.1) is 22.2 Å². The van der Waals surface area contributed by atoms with Crippen LogP contribution >= 0.6 is 22.9 Å². The lowest BCUT2D eigenvalue weighted by Gasteiger charge is -2.25. The van der Waals surface area contributed by atoms with Crippen LogP contribution in [0.1, 0.15) is 23.4 Å². The van der Waals surface area contributed by atoms with Crippen LogP contribution in [0.2, 0.25) is 5.02 Å². The van der Waals surface area contributed by atoms with E-state index in [1.165, 1.54) is 21.7 Å². The minimum Gasteiger partial charge on any atom is -0.368 e. The van der Waals surface area contributed by atoms with Crippen molar-refractivity contribution in [1.29, 1.82) is 0 Å². The molecule has 1 amide bonds. The van der Waals surface area contributed by atoms with Gasteiger partial charge in [-0.1, -0.05) is 11.6 Å². The first-order valence-corrected chi connectivity index (χ1v) is 11.3. The van der Waals surface area contributed by atoms with Gasteiger partial charge in [-0.05, 0) is 31.0 Å². The van der Waals surface area contributed by atoms with E-state index in [0.29, 0.717) is 24.6 Å². The van der Waals surface area contributed by atoms with Gasteiger partial charge in [0.15, 0.2) is 5.13 Å². The van der Waals surface area contributed by atoms with Crippen LogP contribution in [0.3, 0.4) is 0 Å². The molecule has 7 nitrogen and oxygen atoms in total. The van der Waals surface area contributed by atoms with Crippen molar-refractivity contribution in [2.45, 2.75) is 36.8 Å².